The van der Waals surface area contributed by atoms with Crippen molar-refractivity contribution in [3.63, 3.8) is 0 Å². The Bertz CT molecular complexity index is 927. The van der Waals surface area contributed by atoms with Gasteiger partial charge in [-0.05, 0) is 29.3 Å². The standard InChI is InChI=1S/C19H19NO3/c1-3-4-11-20(2)18(21)16-12-15-14-8-6-5-7-13(14)9-10-17(15)23-19(16)22/h5-10,12H,3-4,11H2,1-2H3. The zero-order valence-corrected chi connectivity index (χ0v) is 13.3. The normalized spacial score (nSPS) is 11.0. The topological polar surface area (TPSA) is 50.5 Å². The quantitative estimate of drug-likeness (QED) is 0.544. The molecule has 3 aromatic rings. The van der Waals surface area contributed by atoms with E-state index in [0.717, 1.165) is 29.0 Å². The molecule has 0 aliphatic heterocycles. The first-order valence-corrected chi connectivity index (χ1v) is 7.83. The van der Waals surface area contributed by atoms with Gasteiger partial charge in [0.05, 0.1) is 0 Å². The number of amides is 1. The number of benzene rings is 2. The highest BCUT2D eigenvalue weighted by Crippen LogP contribution is 2.25. The number of nitrogens with zero attached hydrogens (tertiary/aromatic N) is 1. The first-order chi connectivity index (χ1) is 11.1. The first-order valence-electron chi connectivity index (χ1n) is 7.83. The van der Waals surface area contributed by atoms with Crippen LogP contribution in [-0.2, 0) is 0 Å². The van der Waals surface area contributed by atoms with Crippen LogP contribution >= 0.6 is 0 Å². The second-order valence-corrected chi connectivity index (χ2v) is 5.73. The van der Waals surface area contributed by atoms with E-state index < -0.39 is 5.63 Å². The maximum Gasteiger partial charge on any atom is 0.349 e. The van der Waals surface area contributed by atoms with Crippen LogP contribution in [0.4, 0.5) is 0 Å². The van der Waals surface area contributed by atoms with Gasteiger partial charge in [0.25, 0.3) is 5.91 Å². The molecule has 23 heavy (non-hydrogen) atoms. The van der Waals surface area contributed by atoms with E-state index in [0.29, 0.717) is 12.1 Å². The summed E-state index contributed by atoms with van der Waals surface area (Å²) in [6, 6.07) is 13.2. The second-order valence-electron chi connectivity index (χ2n) is 5.73. The smallest absolute Gasteiger partial charge is 0.349 e. The summed E-state index contributed by atoms with van der Waals surface area (Å²) in [5, 5.41) is 2.81. The number of carbonyl (C=O) groups excluding carboxylic acids is 1. The van der Waals surface area contributed by atoms with Crippen LogP contribution < -0.4 is 5.63 Å². The van der Waals surface area contributed by atoms with Crippen LogP contribution in [0.25, 0.3) is 21.7 Å². The van der Waals surface area contributed by atoms with Crippen LogP contribution in [0.15, 0.2) is 51.7 Å². The molecule has 118 valence electrons. The van der Waals surface area contributed by atoms with Crippen LogP contribution in [0.3, 0.4) is 0 Å². The van der Waals surface area contributed by atoms with Crippen LogP contribution in [-0.4, -0.2) is 24.4 Å². The molecule has 0 atom stereocenters. The van der Waals surface area contributed by atoms with Gasteiger partial charge in [-0.1, -0.05) is 43.7 Å². The van der Waals surface area contributed by atoms with E-state index in [2.05, 4.69) is 6.92 Å². The Morgan fingerprint density at radius 2 is 1.91 bits per heavy atom. The van der Waals surface area contributed by atoms with Gasteiger partial charge in [-0.25, -0.2) is 4.79 Å². The number of unbranched alkanes of at least 4 members (excludes halogenated alkanes) is 1. The summed E-state index contributed by atoms with van der Waals surface area (Å²) in [7, 11) is 1.71. The summed E-state index contributed by atoms with van der Waals surface area (Å²) >= 11 is 0. The summed E-state index contributed by atoms with van der Waals surface area (Å²) in [5.74, 6) is -0.290. The number of hydrogen-bond acceptors (Lipinski definition) is 3. The van der Waals surface area contributed by atoms with Gasteiger partial charge in [0.2, 0.25) is 0 Å². The number of rotatable bonds is 4. The van der Waals surface area contributed by atoms with Crippen LogP contribution in [0.2, 0.25) is 0 Å². The van der Waals surface area contributed by atoms with Gasteiger partial charge >= 0.3 is 5.63 Å². The Labute approximate surface area is 134 Å². The molecule has 0 saturated carbocycles. The average molecular weight is 309 g/mol. The van der Waals surface area contributed by atoms with Crippen LogP contribution in [0.5, 0.6) is 0 Å². The largest absolute Gasteiger partial charge is 0.422 e. The molecule has 2 aromatic carbocycles. The summed E-state index contributed by atoms with van der Waals surface area (Å²) in [5.41, 5.74) is 0.00930. The van der Waals surface area contributed by atoms with E-state index in [4.69, 9.17) is 4.42 Å². The Balaban J connectivity index is 2.14. The molecule has 0 radical (unpaired) electrons. The van der Waals surface area contributed by atoms with E-state index in [-0.39, 0.29) is 11.5 Å². The predicted molar refractivity (Wildman–Crippen MR) is 91.9 cm³/mol. The van der Waals surface area contributed by atoms with Crippen molar-refractivity contribution in [2.24, 2.45) is 0 Å². The molecular formula is C19H19NO3. The third-order valence-corrected chi connectivity index (χ3v) is 4.07. The fourth-order valence-corrected chi connectivity index (χ4v) is 2.72. The highest BCUT2D eigenvalue weighted by atomic mass is 16.4. The summed E-state index contributed by atoms with van der Waals surface area (Å²) in [6.45, 7) is 2.69. The summed E-state index contributed by atoms with van der Waals surface area (Å²) in [4.78, 5) is 26.3. The van der Waals surface area contributed by atoms with Crippen LogP contribution in [0.1, 0.15) is 30.1 Å². The molecule has 1 heterocycles. The van der Waals surface area contributed by atoms with Crippen molar-refractivity contribution in [1.29, 1.82) is 0 Å². The molecule has 4 heteroatoms. The van der Waals surface area contributed by atoms with Crippen LogP contribution in [0, 0.1) is 0 Å². The van der Waals surface area contributed by atoms with E-state index in [9.17, 15) is 9.59 Å². The zero-order valence-electron chi connectivity index (χ0n) is 13.3. The van der Waals surface area contributed by atoms with E-state index in [1.54, 1.807) is 24.1 Å². The maximum atomic E-state index is 12.5. The van der Waals surface area contributed by atoms with Gasteiger partial charge < -0.3 is 9.32 Å². The van der Waals surface area contributed by atoms with Crippen molar-refractivity contribution in [1.82, 2.24) is 4.90 Å². The molecule has 0 aliphatic carbocycles. The Morgan fingerprint density at radius 3 is 2.70 bits per heavy atom. The van der Waals surface area contributed by atoms with E-state index >= 15 is 0 Å². The second kappa shape index (κ2) is 6.24. The third-order valence-electron chi connectivity index (χ3n) is 4.07. The fourth-order valence-electron chi connectivity index (χ4n) is 2.72. The molecule has 1 amide bonds. The minimum atomic E-state index is -0.582. The zero-order chi connectivity index (χ0) is 16.4. The van der Waals surface area contributed by atoms with E-state index in [1.807, 2.05) is 30.3 Å². The Morgan fingerprint density at radius 1 is 1.13 bits per heavy atom. The lowest BCUT2D eigenvalue weighted by Gasteiger charge is -2.16. The first kappa shape index (κ1) is 15.3. The van der Waals surface area contributed by atoms with Gasteiger partial charge in [-0.15, -0.1) is 0 Å². The minimum absolute atomic E-state index is 0.0902. The van der Waals surface area contributed by atoms with E-state index in [1.165, 1.54) is 0 Å². The highest BCUT2D eigenvalue weighted by Gasteiger charge is 2.18. The average Bonchev–Trinajstić information content (AvgIpc) is 2.58. The minimum Gasteiger partial charge on any atom is -0.422 e. The van der Waals surface area contributed by atoms with Crippen molar-refractivity contribution in [3.8, 4) is 0 Å². The van der Waals surface area contributed by atoms with Crippen molar-refractivity contribution in [2.75, 3.05) is 13.6 Å². The molecule has 0 aliphatic rings. The van der Waals surface area contributed by atoms with Crippen molar-refractivity contribution in [3.05, 3.63) is 58.4 Å². The lowest BCUT2D eigenvalue weighted by molar-refractivity contribution is 0.0789. The fraction of sp³-hybridized carbons (Fsp3) is 0.263. The maximum absolute atomic E-state index is 12.5. The number of fused-ring (bicyclic) bond motifs is 3. The Kier molecular flexibility index (Phi) is 4.15. The molecule has 0 bridgehead atoms. The van der Waals surface area contributed by atoms with Crippen molar-refractivity contribution >= 4 is 27.6 Å². The van der Waals surface area contributed by atoms with Gasteiger partial charge in [0.1, 0.15) is 11.1 Å². The van der Waals surface area contributed by atoms with Gasteiger partial charge in [-0.2, -0.15) is 0 Å². The molecule has 3 rings (SSSR count). The predicted octanol–water partition coefficient (Wildman–Crippen LogP) is 3.82. The molecule has 0 unspecified atom stereocenters. The monoisotopic (exact) mass is 309 g/mol. The SMILES string of the molecule is CCCCN(C)C(=O)c1cc2c(ccc3ccccc32)oc1=O. The van der Waals surface area contributed by atoms with Crippen molar-refractivity contribution < 1.29 is 9.21 Å². The summed E-state index contributed by atoms with van der Waals surface area (Å²) in [6.07, 6.45) is 1.90. The number of hydrogen-bond donors (Lipinski definition) is 0. The molecular weight excluding hydrogens is 290 g/mol. The third kappa shape index (κ3) is 2.84. The summed E-state index contributed by atoms with van der Waals surface area (Å²) < 4.78 is 5.37. The Hall–Kier alpha value is -2.62. The number of carbonyl (C=O) groups is 1. The van der Waals surface area contributed by atoms with Gasteiger partial charge in [-0.3, -0.25) is 4.79 Å². The lowest BCUT2D eigenvalue weighted by atomic mass is 10.0. The molecule has 0 spiro atoms. The molecule has 0 saturated heterocycles. The van der Waals surface area contributed by atoms with Gasteiger partial charge in [0.15, 0.2) is 0 Å². The van der Waals surface area contributed by atoms with Gasteiger partial charge in [0, 0.05) is 19.0 Å². The molecule has 4 nitrogen and oxygen atoms in total. The lowest BCUT2D eigenvalue weighted by Crippen LogP contribution is -2.31. The molecule has 0 N–H and O–H groups in total. The highest BCUT2D eigenvalue weighted by molar-refractivity contribution is 6.07. The molecule has 0 fully saturated rings. The molecule has 1 aromatic heterocycles. The van der Waals surface area contributed by atoms with Crippen molar-refractivity contribution in [2.45, 2.75) is 19.8 Å².